The monoisotopic (exact) mass is 345 g/mol. The van der Waals surface area contributed by atoms with Crippen molar-refractivity contribution in [3.05, 3.63) is 23.8 Å². The van der Waals surface area contributed by atoms with Crippen LogP contribution in [0.2, 0.25) is 0 Å². The Balaban J connectivity index is 1.66. The van der Waals surface area contributed by atoms with E-state index in [1.165, 1.54) is 5.56 Å². The number of hydrogen-bond donors (Lipinski definition) is 1. The molecule has 1 aromatic carbocycles. The summed E-state index contributed by atoms with van der Waals surface area (Å²) in [4.78, 5) is 13.6. The average molecular weight is 345 g/mol. The number of likely N-dealkylation sites (N-methyl/N-ethyl adjacent to an activating group) is 1. The Hall–Kier alpha value is -2.44. The lowest BCUT2D eigenvalue weighted by atomic mass is 10.1. The lowest BCUT2D eigenvalue weighted by Crippen LogP contribution is -2.47. The van der Waals surface area contributed by atoms with Crippen molar-refractivity contribution in [1.82, 2.24) is 15.1 Å². The number of guanidine groups is 2. The van der Waals surface area contributed by atoms with E-state index in [2.05, 4.69) is 43.2 Å². The number of fused-ring (bicyclic) bond motifs is 1. The first-order chi connectivity index (χ1) is 11.9. The molecular weight excluding hydrogens is 318 g/mol. The zero-order valence-electron chi connectivity index (χ0n) is 15.6. The topological polar surface area (TPSA) is 61.7 Å². The van der Waals surface area contributed by atoms with Gasteiger partial charge in [0, 0.05) is 27.7 Å². The molecule has 2 atom stereocenters. The number of nitrogens with zero attached hydrogens (tertiary/aromatic N) is 4. The number of hydrogen-bond acceptors (Lipinski definition) is 7. The highest BCUT2D eigenvalue weighted by atomic mass is 16.7. The number of ether oxygens (including phenoxy) is 2. The largest absolute Gasteiger partial charge is 0.454 e. The number of aliphatic imine (C=N–C) groups is 2. The molecule has 2 heterocycles. The van der Waals surface area contributed by atoms with Crippen molar-refractivity contribution < 1.29 is 9.47 Å². The van der Waals surface area contributed by atoms with Crippen molar-refractivity contribution in [2.75, 3.05) is 34.5 Å². The highest BCUT2D eigenvalue weighted by molar-refractivity contribution is 5.99. The van der Waals surface area contributed by atoms with Gasteiger partial charge in [0.05, 0.1) is 12.1 Å². The Kier molecular flexibility index (Phi) is 5.01. The number of nitrogens with one attached hydrogen (secondary N) is 1. The van der Waals surface area contributed by atoms with Gasteiger partial charge in [-0.15, -0.1) is 0 Å². The minimum Gasteiger partial charge on any atom is -0.454 e. The molecule has 2 aliphatic heterocycles. The van der Waals surface area contributed by atoms with Gasteiger partial charge in [-0.2, -0.15) is 0 Å². The smallest absolute Gasteiger partial charge is 0.231 e. The van der Waals surface area contributed by atoms with Crippen LogP contribution in [0.3, 0.4) is 0 Å². The molecule has 0 saturated heterocycles. The fraction of sp³-hybridized carbons (Fsp3) is 0.556. The zero-order valence-corrected chi connectivity index (χ0v) is 15.6. The van der Waals surface area contributed by atoms with Crippen LogP contribution < -0.4 is 14.8 Å². The summed E-state index contributed by atoms with van der Waals surface area (Å²) in [6, 6.07) is 6.38. The van der Waals surface area contributed by atoms with Crippen LogP contribution in [0.15, 0.2) is 28.2 Å². The maximum Gasteiger partial charge on any atom is 0.231 e. The van der Waals surface area contributed by atoms with Crippen molar-refractivity contribution in [3.8, 4) is 11.5 Å². The quantitative estimate of drug-likeness (QED) is 0.900. The van der Waals surface area contributed by atoms with E-state index < -0.39 is 0 Å². The third-order valence-corrected chi connectivity index (χ3v) is 4.53. The van der Waals surface area contributed by atoms with Crippen LogP contribution >= 0.6 is 0 Å². The first-order valence-electron chi connectivity index (χ1n) is 8.63. The van der Waals surface area contributed by atoms with E-state index in [0.29, 0.717) is 6.79 Å². The first-order valence-corrected chi connectivity index (χ1v) is 8.63. The van der Waals surface area contributed by atoms with Crippen LogP contribution in [0.1, 0.15) is 19.4 Å². The van der Waals surface area contributed by atoms with E-state index >= 15 is 0 Å². The summed E-state index contributed by atoms with van der Waals surface area (Å²) in [5, 5.41) is 3.36. The van der Waals surface area contributed by atoms with E-state index in [0.717, 1.165) is 36.4 Å². The van der Waals surface area contributed by atoms with Crippen LogP contribution in [0.25, 0.3) is 0 Å². The Morgan fingerprint density at radius 1 is 1.04 bits per heavy atom. The minimum atomic E-state index is 0.132. The second-order valence-corrected chi connectivity index (χ2v) is 6.77. The number of benzene rings is 1. The van der Waals surface area contributed by atoms with Crippen LogP contribution in [0, 0.1) is 0 Å². The lowest BCUT2D eigenvalue weighted by molar-refractivity contribution is 0.174. The van der Waals surface area contributed by atoms with Crippen LogP contribution in [0.4, 0.5) is 0 Å². The third-order valence-electron chi connectivity index (χ3n) is 4.53. The standard InChI is InChI=1S/C18H27N5O2/c1-12-13(2)20-18(21-17(19-12)22(3)4)23(5)9-8-14-6-7-15-16(10-14)25-11-24-15/h6-7,10,12-13H,8-9,11H2,1-5H3,(H,19,20,21). The summed E-state index contributed by atoms with van der Waals surface area (Å²) in [5.41, 5.74) is 1.22. The molecule has 136 valence electrons. The molecule has 7 nitrogen and oxygen atoms in total. The van der Waals surface area contributed by atoms with Crippen molar-refractivity contribution >= 4 is 11.9 Å². The Bertz CT molecular complexity index is 686. The SMILES string of the molecule is CC1N=C(N(C)C)NC(N(C)CCc2ccc3c(c2)OCO3)=NC1C. The van der Waals surface area contributed by atoms with Gasteiger partial charge in [0.15, 0.2) is 11.5 Å². The van der Waals surface area contributed by atoms with Crippen molar-refractivity contribution in [3.63, 3.8) is 0 Å². The summed E-state index contributed by atoms with van der Waals surface area (Å²) < 4.78 is 10.8. The molecule has 25 heavy (non-hydrogen) atoms. The van der Waals surface area contributed by atoms with E-state index in [1.807, 2.05) is 25.1 Å². The molecule has 0 amide bonds. The van der Waals surface area contributed by atoms with Crippen LogP contribution in [-0.2, 0) is 6.42 Å². The molecule has 2 aliphatic rings. The minimum absolute atomic E-state index is 0.132. The van der Waals surface area contributed by atoms with Gasteiger partial charge in [0.1, 0.15) is 0 Å². The lowest BCUT2D eigenvalue weighted by Gasteiger charge is -2.24. The second kappa shape index (κ2) is 7.21. The molecule has 2 unspecified atom stereocenters. The highest BCUT2D eigenvalue weighted by Gasteiger charge is 2.21. The third kappa shape index (κ3) is 3.97. The normalized spacial score (nSPS) is 21.8. The van der Waals surface area contributed by atoms with Gasteiger partial charge < -0.3 is 19.3 Å². The van der Waals surface area contributed by atoms with Crippen LogP contribution in [0.5, 0.6) is 11.5 Å². The van der Waals surface area contributed by atoms with E-state index in [9.17, 15) is 0 Å². The maximum absolute atomic E-state index is 5.45. The van der Waals surface area contributed by atoms with Crippen molar-refractivity contribution in [2.45, 2.75) is 32.4 Å². The Morgan fingerprint density at radius 3 is 2.44 bits per heavy atom. The van der Waals surface area contributed by atoms with E-state index in [-0.39, 0.29) is 12.1 Å². The van der Waals surface area contributed by atoms with E-state index in [4.69, 9.17) is 19.5 Å². The molecule has 0 fully saturated rings. The van der Waals surface area contributed by atoms with E-state index in [1.54, 1.807) is 0 Å². The Labute approximate surface area is 149 Å². The second-order valence-electron chi connectivity index (χ2n) is 6.77. The average Bonchev–Trinajstić information content (AvgIpc) is 2.99. The van der Waals surface area contributed by atoms with Gasteiger partial charge in [0.2, 0.25) is 18.7 Å². The van der Waals surface area contributed by atoms with Gasteiger partial charge >= 0.3 is 0 Å². The maximum atomic E-state index is 5.45. The summed E-state index contributed by atoms with van der Waals surface area (Å²) in [6.45, 7) is 5.34. The van der Waals surface area contributed by atoms with Gasteiger partial charge in [-0.3, -0.25) is 5.32 Å². The summed E-state index contributed by atoms with van der Waals surface area (Å²) in [6.07, 6.45) is 0.895. The molecule has 0 radical (unpaired) electrons. The fourth-order valence-electron chi connectivity index (χ4n) is 2.69. The predicted octanol–water partition coefficient (Wildman–Crippen LogP) is 1.54. The molecule has 0 bridgehead atoms. The fourth-order valence-corrected chi connectivity index (χ4v) is 2.69. The van der Waals surface area contributed by atoms with Crippen LogP contribution in [-0.4, -0.2) is 68.3 Å². The summed E-state index contributed by atoms with van der Waals surface area (Å²) >= 11 is 0. The molecule has 0 aliphatic carbocycles. The number of rotatable bonds is 3. The Morgan fingerprint density at radius 2 is 1.72 bits per heavy atom. The van der Waals surface area contributed by atoms with Gasteiger partial charge in [0.25, 0.3) is 0 Å². The molecule has 3 rings (SSSR count). The molecule has 1 aromatic rings. The first kappa shape index (κ1) is 17.4. The van der Waals surface area contributed by atoms with Gasteiger partial charge in [-0.25, -0.2) is 9.98 Å². The molecule has 1 N–H and O–H groups in total. The van der Waals surface area contributed by atoms with Crippen molar-refractivity contribution in [1.29, 1.82) is 0 Å². The highest BCUT2D eigenvalue weighted by Crippen LogP contribution is 2.32. The molecule has 0 saturated carbocycles. The molecule has 0 spiro atoms. The van der Waals surface area contributed by atoms with Gasteiger partial charge in [-0.05, 0) is 38.0 Å². The summed E-state index contributed by atoms with van der Waals surface area (Å²) in [7, 11) is 6.02. The molecule has 7 heteroatoms. The predicted molar refractivity (Wildman–Crippen MR) is 99.5 cm³/mol. The molecular formula is C18H27N5O2. The van der Waals surface area contributed by atoms with Gasteiger partial charge in [-0.1, -0.05) is 6.07 Å². The summed E-state index contributed by atoms with van der Waals surface area (Å²) in [5.74, 6) is 3.34. The molecule has 0 aromatic heterocycles. The van der Waals surface area contributed by atoms with Crippen molar-refractivity contribution in [2.24, 2.45) is 9.98 Å². The zero-order chi connectivity index (χ0) is 18.0.